The molecular weight excluding hydrogens is 300 g/mol. The maximum Gasteiger partial charge on any atom is 0.228 e. The summed E-state index contributed by atoms with van der Waals surface area (Å²) in [6.45, 7) is 4.22. The lowest BCUT2D eigenvalue weighted by Gasteiger charge is -2.21. The fourth-order valence-corrected chi connectivity index (χ4v) is 5.03. The van der Waals surface area contributed by atoms with Crippen molar-refractivity contribution in [1.29, 1.82) is 0 Å². The normalized spacial score (nSPS) is 23.7. The number of benzene rings is 1. The Balaban J connectivity index is 1.68. The van der Waals surface area contributed by atoms with E-state index in [1.807, 2.05) is 25.1 Å². The number of sulfone groups is 1. The second-order valence-electron chi connectivity index (χ2n) is 6.28. The van der Waals surface area contributed by atoms with Crippen molar-refractivity contribution in [2.45, 2.75) is 26.2 Å². The maximum atomic E-state index is 12.2. The van der Waals surface area contributed by atoms with Crippen LogP contribution in [-0.2, 0) is 14.6 Å². The Morgan fingerprint density at radius 3 is 2.59 bits per heavy atom. The first kappa shape index (κ1) is 15.3. The number of hydrogen-bond acceptors (Lipinski definition) is 4. The molecule has 120 valence electrons. The zero-order valence-corrected chi connectivity index (χ0v) is 13.7. The largest absolute Gasteiger partial charge is 0.371 e. The summed E-state index contributed by atoms with van der Waals surface area (Å²) in [6, 6.07) is 5.92. The van der Waals surface area contributed by atoms with E-state index in [1.165, 1.54) is 18.5 Å². The molecule has 6 heteroatoms. The topological polar surface area (TPSA) is 66.5 Å². The minimum atomic E-state index is -3.03. The van der Waals surface area contributed by atoms with Gasteiger partial charge in [-0.05, 0) is 49.9 Å². The highest BCUT2D eigenvalue weighted by Gasteiger charge is 2.33. The van der Waals surface area contributed by atoms with Crippen LogP contribution >= 0.6 is 0 Å². The molecule has 1 atom stereocenters. The molecule has 2 saturated heterocycles. The van der Waals surface area contributed by atoms with Crippen molar-refractivity contribution in [3.8, 4) is 0 Å². The van der Waals surface area contributed by atoms with E-state index in [9.17, 15) is 13.2 Å². The number of nitrogens with zero attached hydrogens (tertiary/aromatic N) is 1. The van der Waals surface area contributed by atoms with E-state index in [-0.39, 0.29) is 17.4 Å². The number of nitrogens with one attached hydrogen (secondary N) is 1. The molecule has 0 bridgehead atoms. The molecule has 1 amide bonds. The van der Waals surface area contributed by atoms with E-state index < -0.39 is 15.8 Å². The van der Waals surface area contributed by atoms with Gasteiger partial charge >= 0.3 is 0 Å². The molecule has 1 aromatic carbocycles. The number of amides is 1. The quantitative estimate of drug-likeness (QED) is 0.924. The molecule has 2 aliphatic heterocycles. The van der Waals surface area contributed by atoms with Gasteiger partial charge in [0.25, 0.3) is 0 Å². The van der Waals surface area contributed by atoms with Gasteiger partial charge in [0, 0.05) is 24.5 Å². The summed E-state index contributed by atoms with van der Waals surface area (Å²) in [5, 5.41) is 2.86. The van der Waals surface area contributed by atoms with Crippen molar-refractivity contribution in [2.24, 2.45) is 5.92 Å². The van der Waals surface area contributed by atoms with Gasteiger partial charge in [0.1, 0.15) is 0 Å². The third-order valence-corrected chi connectivity index (χ3v) is 6.28. The van der Waals surface area contributed by atoms with Gasteiger partial charge in [-0.15, -0.1) is 0 Å². The Kier molecular flexibility index (Phi) is 4.12. The van der Waals surface area contributed by atoms with Gasteiger partial charge < -0.3 is 10.2 Å². The van der Waals surface area contributed by atoms with Crippen LogP contribution in [0.5, 0.6) is 0 Å². The highest BCUT2D eigenvalue weighted by molar-refractivity contribution is 7.91. The zero-order valence-electron chi connectivity index (χ0n) is 12.8. The van der Waals surface area contributed by atoms with E-state index in [1.54, 1.807) is 0 Å². The maximum absolute atomic E-state index is 12.2. The molecule has 0 aliphatic carbocycles. The Morgan fingerprint density at radius 1 is 1.27 bits per heavy atom. The van der Waals surface area contributed by atoms with Crippen LogP contribution < -0.4 is 10.2 Å². The predicted octanol–water partition coefficient (Wildman–Crippen LogP) is 1.97. The van der Waals surface area contributed by atoms with E-state index >= 15 is 0 Å². The average molecular weight is 322 g/mol. The van der Waals surface area contributed by atoms with Crippen LogP contribution in [0.15, 0.2) is 18.2 Å². The summed E-state index contributed by atoms with van der Waals surface area (Å²) in [4.78, 5) is 14.5. The van der Waals surface area contributed by atoms with Crippen LogP contribution in [-0.4, -0.2) is 38.9 Å². The third kappa shape index (κ3) is 3.27. The summed E-state index contributed by atoms with van der Waals surface area (Å²) >= 11 is 0. The second-order valence-corrected chi connectivity index (χ2v) is 8.51. The Hall–Kier alpha value is -1.56. The molecule has 0 aromatic heterocycles. The summed E-state index contributed by atoms with van der Waals surface area (Å²) in [6.07, 6.45) is 2.89. The first-order valence-corrected chi connectivity index (χ1v) is 9.64. The number of hydrogen-bond donors (Lipinski definition) is 1. The number of rotatable bonds is 3. The number of carbonyl (C=O) groups excluding carboxylic acids is 1. The van der Waals surface area contributed by atoms with Gasteiger partial charge in [-0.3, -0.25) is 4.79 Å². The fraction of sp³-hybridized carbons (Fsp3) is 0.562. The Labute approximate surface area is 131 Å². The molecule has 2 fully saturated rings. The predicted molar refractivity (Wildman–Crippen MR) is 88.0 cm³/mol. The average Bonchev–Trinajstić information content (AvgIpc) is 3.08. The Bertz CT molecular complexity index is 679. The minimum Gasteiger partial charge on any atom is -0.371 e. The van der Waals surface area contributed by atoms with E-state index in [0.29, 0.717) is 6.42 Å². The molecule has 0 spiro atoms. The summed E-state index contributed by atoms with van der Waals surface area (Å²) < 4.78 is 22.9. The SMILES string of the molecule is Cc1cc(NC(=O)[C@@H]2CCS(=O)(=O)C2)ccc1N1CCCC1. The molecule has 3 rings (SSSR count). The van der Waals surface area contributed by atoms with E-state index in [0.717, 1.165) is 24.3 Å². The van der Waals surface area contributed by atoms with Crippen LogP contribution in [0.25, 0.3) is 0 Å². The molecule has 1 N–H and O–H groups in total. The molecule has 0 saturated carbocycles. The highest BCUT2D eigenvalue weighted by atomic mass is 32.2. The summed E-state index contributed by atoms with van der Waals surface area (Å²) in [7, 11) is -3.03. The number of aryl methyl sites for hydroxylation is 1. The first-order valence-electron chi connectivity index (χ1n) is 7.81. The minimum absolute atomic E-state index is 0.0241. The summed E-state index contributed by atoms with van der Waals surface area (Å²) in [5.74, 6) is -0.500. The van der Waals surface area contributed by atoms with Crippen molar-refractivity contribution in [3.05, 3.63) is 23.8 Å². The molecule has 0 unspecified atom stereocenters. The van der Waals surface area contributed by atoms with Crippen molar-refractivity contribution < 1.29 is 13.2 Å². The smallest absolute Gasteiger partial charge is 0.228 e. The van der Waals surface area contributed by atoms with Crippen LogP contribution in [0.3, 0.4) is 0 Å². The molecule has 2 heterocycles. The lowest BCUT2D eigenvalue weighted by molar-refractivity contribution is -0.119. The molecular formula is C16H22N2O3S. The van der Waals surface area contributed by atoms with E-state index in [2.05, 4.69) is 10.2 Å². The van der Waals surface area contributed by atoms with Crippen LogP contribution in [0, 0.1) is 12.8 Å². The molecule has 1 aromatic rings. The van der Waals surface area contributed by atoms with Gasteiger partial charge in [0.2, 0.25) is 5.91 Å². The first-order chi connectivity index (χ1) is 10.4. The van der Waals surface area contributed by atoms with Gasteiger partial charge in [0.15, 0.2) is 9.84 Å². The van der Waals surface area contributed by atoms with Crippen molar-refractivity contribution >= 4 is 27.1 Å². The second kappa shape index (κ2) is 5.91. The van der Waals surface area contributed by atoms with Crippen LogP contribution in [0.1, 0.15) is 24.8 Å². The van der Waals surface area contributed by atoms with E-state index in [4.69, 9.17) is 0 Å². The Morgan fingerprint density at radius 2 is 2.00 bits per heavy atom. The monoisotopic (exact) mass is 322 g/mol. The van der Waals surface area contributed by atoms with Gasteiger partial charge in [-0.25, -0.2) is 8.42 Å². The standard InChI is InChI=1S/C16H22N2O3S/c1-12-10-14(4-5-15(12)18-7-2-3-8-18)17-16(19)13-6-9-22(20,21)11-13/h4-5,10,13H,2-3,6-9,11H2,1H3,(H,17,19)/t13-/m1/s1. The molecule has 0 radical (unpaired) electrons. The van der Waals surface area contributed by atoms with Crippen LogP contribution in [0.4, 0.5) is 11.4 Å². The number of anilines is 2. The molecule has 2 aliphatic rings. The highest BCUT2D eigenvalue weighted by Crippen LogP contribution is 2.27. The fourth-order valence-electron chi connectivity index (χ4n) is 3.29. The van der Waals surface area contributed by atoms with Crippen molar-refractivity contribution in [1.82, 2.24) is 0 Å². The molecule has 5 nitrogen and oxygen atoms in total. The van der Waals surface area contributed by atoms with Crippen molar-refractivity contribution in [2.75, 3.05) is 34.8 Å². The lowest BCUT2D eigenvalue weighted by atomic mass is 10.1. The number of carbonyl (C=O) groups is 1. The summed E-state index contributed by atoms with van der Waals surface area (Å²) in [5.41, 5.74) is 3.10. The van der Waals surface area contributed by atoms with Gasteiger partial charge in [-0.1, -0.05) is 0 Å². The lowest BCUT2D eigenvalue weighted by Crippen LogP contribution is -2.24. The third-order valence-electron chi connectivity index (χ3n) is 4.51. The van der Waals surface area contributed by atoms with Crippen LogP contribution in [0.2, 0.25) is 0 Å². The molecule has 22 heavy (non-hydrogen) atoms. The van der Waals surface area contributed by atoms with Gasteiger partial charge in [-0.2, -0.15) is 0 Å². The van der Waals surface area contributed by atoms with Crippen molar-refractivity contribution in [3.63, 3.8) is 0 Å². The van der Waals surface area contributed by atoms with Gasteiger partial charge in [0.05, 0.1) is 17.4 Å². The zero-order chi connectivity index (χ0) is 15.7.